The summed E-state index contributed by atoms with van der Waals surface area (Å²) in [5.74, 6) is 1.22. The van der Waals surface area contributed by atoms with E-state index in [2.05, 4.69) is 122 Å². The molecular weight excluding hydrogens is 424 g/mol. The Labute approximate surface area is 212 Å². The molecule has 5 rings (SSSR count). The fourth-order valence-electron chi connectivity index (χ4n) is 6.61. The van der Waals surface area contributed by atoms with E-state index in [0.717, 1.165) is 25.7 Å². The van der Waals surface area contributed by atoms with Gasteiger partial charge in [0.1, 0.15) is 0 Å². The standard InChI is InChI=1S/C33H40N2/c1-4-31-30(29-19-12-13-21-33(29)35(31)3)23-22-26-16-9-8-14-25(26)15-10-11-18-28-24-27-17-6-5-7-20-32(27)34(28)2/h4-9,11,13-14,16,18,20-23,28-31,33H,1,10,12,15,17,19,24H2,2-3H3/b18-11-,23-22+. The zero-order chi connectivity index (χ0) is 24.2. The minimum Gasteiger partial charge on any atom is -0.368 e. The third-order valence-corrected chi connectivity index (χ3v) is 8.56. The van der Waals surface area contributed by atoms with Gasteiger partial charge < -0.3 is 4.90 Å². The van der Waals surface area contributed by atoms with Crippen LogP contribution >= 0.6 is 0 Å². The SMILES string of the molecule is C=CC1C(/C=C/c2ccccc2CC/C=C\C2CC3=C(C=CC=CC3)N2C)C2CCC=CC2N1C. The zero-order valence-corrected chi connectivity index (χ0v) is 21.4. The molecule has 0 bridgehead atoms. The predicted molar refractivity (Wildman–Crippen MR) is 150 cm³/mol. The van der Waals surface area contributed by atoms with Gasteiger partial charge in [-0.15, -0.1) is 6.58 Å². The van der Waals surface area contributed by atoms with Crippen molar-refractivity contribution < 1.29 is 0 Å². The Hall–Kier alpha value is -2.84. The van der Waals surface area contributed by atoms with Crippen LogP contribution in [0.4, 0.5) is 0 Å². The van der Waals surface area contributed by atoms with Gasteiger partial charge in [-0.2, -0.15) is 0 Å². The number of likely N-dealkylation sites (tertiary alicyclic amines) is 1. The molecule has 2 aliphatic carbocycles. The van der Waals surface area contributed by atoms with Crippen LogP contribution in [-0.2, 0) is 6.42 Å². The number of benzene rings is 1. The summed E-state index contributed by atoms with van der Waals surface area (Å²) in [6.45, 7) is 4.17. The van der Waals surface area contributed by atoms with E-state index in [-0.39, 0.29) is 0 Å². The second-order valence-electron chi connectivity index (χ2n) is 10.5. The van der Waals surface area contributed by atoms with Crippen LogP contribution in [0.15, 0.2) is 103 Å². The molecule has 2 aliphatic heterocycles. The number of allylic oxidation sites excluding steroid dienone is 6. The first-order valence-electron chi connectivity index (χ1n) is 13.4. The first-order valence-corrected chi connectivity index (χ1v) is 13.4. The number of fused-ring (bicyclic) bond motifs is 1. The Morgan fingerprint density at radius 1 is 1.09 bits per heavy atom. The van der Waals surface area contributed by atoms with Gasteiger partial charge in [-0.25, -0.2) is 0 Å². The van der Waals surface area contributed by atoms with Gasteiger partial charge in [0.15, 0.2) is 0 Å². The molecular formula is C33H40N2. The number of aryl methyl sites for hydroxylation is 1. The molecule has 2 nitrogen and oxygen atoms in total. The lowest BCUT2D eigenvalue weighted by Gasteiger charge is -2.26. The Bertz CT molecular complexity index is 1100. The summed E-state index contributed by atoms with van der Waals surface area (Å²) in [6, 6.07) is 10.4. The number of likely N-dealkylation sites (N-methyl/N-ethyl adjacent to an activating group) is 2. The van der Waals surface area contributed by atoms with E-state index < -0.39 is 0 Å². The van der Waals surface area contributed by atoms with Crippen LogP contribution < -0.4 is 0 Å². The van der Waals surface area contributed by atoms with E-state index in [0.29, 0.717) is 30.0 Å². The monoisotopic (exact) mass is 464 g/mol. The molecule has 0 radical (unpaired) electrons. The summed E-state index contributed by atoms with van der Waals surface area (Å²) in [6.07, 6.45) is 32.3. The summed E-state index contributed by atoms with van der Waals surface area (Å²) in [4.78, 5) is 4.95. The molecule has 35 heavy (non-hydrogen) atoms. The van der Waals surface area contributed by atoms with Crippen molar-refractivity contribution in [2.45, 2.75) is 56.7 Å². The molecule has 1 fully saturated rings. The Kier molecular flexibility index (Phi) is 7.39. The normalized spacial score (nSPS) is 30.5. The summed E-state index contributed by atoms with van der Waals surface area (Å²) >= 11 is 0. The summed E-state index contributed by atoms with van der Waals surface area (Å²) < 4.78 is 0. The van der Waals surface area contributed by atoms with Gasteiger partial charge in [0.05, 0.1) is 6.04 Å². The lowest BCUT2D eigenvalue weighted by atomic mass is 9.80. The van der Waals surface area contributed by atoms with Gasteiger partial charge >= 0.3 is 0 Å². The van der Waals surface area contributed by atoms with E-state index in [4.69, 9.17) is 0 Å². The Morgan fingerprint density at radius 3 is 2.86 bits per heavy atom. The van der Waals surface area contributed by atoms with Gasteiger partial charge in [-0.3, -0.25) is 4.90 Å². The lowest BCUT2D eigenvalue weighted by Crippen LogP contribution is -2.32. The molecule has 5 atom stereocenters. The van der Waals surface area contributed by atoms with Gasteiger partial charge in [0.25, 0.3) is 0 Å². The first kappa shape index (κ1) is 23.9. The molecule has 4 aliphatic rings. The zero-order valence-electron chi connectivity index (χ0n) is 21.4. The van der Waals surface area contributed by atoms with Crippen LogP contribution in [0.3, 0.4) is 0 Å². The average Bonchev–Trinajstić information content (AvgIpc) is 3.20. The van der Waals surface area contributed by atoms with Gasteiger partial charge in [-0.05, 0) is 74.3 Å². The highest BCUT2D eigenvalue weighted by molar-refractivity contribution is 5.54. The Balaban J connectivity index is 1.22. The highest BCUT2D eigenvalue weighted by atomic mass is 15.2. The molecule has 2 heteroatoms. The maximum Gasteiger partial charge on any atom is 0.0507 e. The minimum atomic E-state index is 0.413. The number of nitrogens with zero attached hydrogens (tertiary/aromatic N) is 2. The van der Waals surface area contributed by atoms with Gasteiger partial charge in [-0.1, -0.05) is 85.0 Å². The predicted octanol–water partition coefficient (Wildman–Crippen LogP) is 7.11. The third kappa shape index (κ3) is 4.95. The lowest BCUT2D eigenvalue weighted by molar-refractivity contribution is 0.279. The molecule has 1 aromatic carbocycles. The van der Waals surface area contributed by atoms with E-state index in [1.807, 2.05) is 0 Å². The van der Waals surface area contributed by atoms with Crippen molar-refractivity contribution in [1.29, 1.82) is 0 Å². The van der Waals surface area contributed by atoms with Crippen LogP contribution in [0, 0.1) is 11.8 Å². The molecule has 0 amide bonds. The molecule has 182 valence electrons. The molecule has 1 aromatic rings. The molecule has 0 aromatic heterocycles. The summed E-state index contributed by atoms with van der Waals surface area (Å²) in [5, 5.41) is 0. The van der Waals surface area contributed by atoms with Gasteiger partial charge in [0, 0.05) is 30.7 Å². The second-order valence-corrected chi connectivity index (χ2v) is 10.5. The van der Waals surface area contributed by atoms with Crippen molar-refractivity contribution in [1.82, 2.24) is 9.80 Å². The maximum atomic E-state index is 4.17. The van der Waals surface area contributed by atoms with Gasteiger partial charge in [0.2, 0.25) is 0 Å². The summed E-state index contributed by atoms with van der Waals surface area (Å²) in [5.41, 5.74) is 5.78. The molecule has 5 unspecified atom stereocenters. The molecule has 0 saturated carbocycles. The fraction of sp³-hybridized carbons (Fsp3) is 0.394. The quantitative estimate of drug-likeness (QED) is 0.397. The summed E-state index contributed by atoms with van der Waals surface area (Å²) in [7, 11) is 4.49. The van der Waals surface area contributed by atoms with E-state index in [1.54, 1.807) is 5.57 Å². The van der Waals surface area contributed by atoms with E-state index >= 15 is 0 Å². The molecule has 0 spiro atoms. The van der Waals surface area contributed by atoms with Crippen LogP contribution in [0.25, 0.3) is 6.08 Å². The first-order chi connectivity index (χ1) is 17.2. The smallest absolute Gasteiger partial charge is 0.0507 e. The largest absolute Gasteiger partial charge is 0.368 e. The third-order valence-electron chi connectivity index (χ3n) is 8.56. The molecule has 0 N–H and O–H groups in total. The second kappa shape index (κ2) is 10.8. The van der Waals surface area contributed by atoms with Crippen molar-refractivity contribution in [3.05, 3.63) is 114 Å². The topological polar surface area (TPSA) is 6.48 Å². The number of rotatable bonds is 7. The van der Waals surface area contributed by atoms with Crippen LogP contribution in [0.2, 0.25) is 0 Å². The van der Waals surface area contributed by atoms with Crippen molar-refractivity contribution in [3.8, 4) is 0 Å². The van der Waals surface area contributed by atoms with Crippen molar-refractivity contribution in [2.75, 3.05) is 14.1 Å². The van der Waals surface area contributed by atoms with Crippen LogP contribution in [0.5, 0.6) is 0 Å². The average molecular weight is 465 g/mol. The van der Waals surface area contributed by atoms with Crippen molar-refractivity contribution >= 4 is 6.08 Å². The molecule has 2 heterocycles. The number of hydrogen-bond acceptors (Lipinski definition) is 2. The fourth-order valence-corrected chi connectivity index (χ4v) is 6.61. The molecule has 1 saturated heterocycles. The van der Waals surface area contributed by atoms with Crippen molar-refractivity contribution in [2.24, 2.45) is 11.8 Å². The maximum absolute atomic E-state index is 4.17. The van der Waals surface area contributed by atoms with Crippen molar-refractivity contribution in [3.63, 3.8) is 0 Å². The highest BCUT2D eigenvalue weighted by Crippen LogP contribution is 2.42. The highest BCUT2D eigenvalue weighted by Gasteiger charge is 2.43. The van der Waals surface area contributed by atoms with Crippen LogP contribution in [-0.4, -0.2) is 42.0 Å². The van der Waals surface area contributed by atoms with E-state index in [9.17, 15) is 0 Å². The Morgan fingerprint density at radius 2 is 1.97 bits per heavy atom. The number of hydrogen-bond donors (Lipinski definition) is 0. The minimum absolute atomic E-state index is 0.413. The van der Waals surface area contributed by atoms with E-state index in [1.165, 1.54) is 29.7 Å². The van der Waals surface area contributed by atoms with Crippen LogP contribution in [0.1, 0.15) is 43.2 Å².